The van der Waals surface area contributed by atoms with Gasteiger partial charge < -0.3 is 5.41 Å². The van der Waals surface area contributed by atoms with Crippen LogP contribution in [0.25, 0.3) is 0 Å². The molecule has 0 aliphatic rings. The van der Waals surface area contributed by atoms with Gasteiger partial charge in [0.2, 0.25) is 0 Å². The van der Waals surface area contributed by atoms with Gasteiger partial charge in [0.1, 0.15) is 16.6 Å². The zero-order chi connectivity index (χ0) is 8.27. The zero-order valence-electron chi connectivity index (χ0n) is 5.93. The number of aromatic nitrogens is 2. The molecular formula is C6H7ClN4. The first-order valence-corrected chi connectivity index (χ1v) is 3.36. The van der Waals surface area contributed by atoms with E-state index in [1.807, 2.05) is 0 Å². The van der Waals surface area contributed by atoms with Crippen LogP contribution in [-0.2, 0) is 0 Å². The zero-order valence-corrected chi connectivity index (χ0v) is 6.68. The molecule has 5 heteroatoms. The number of rotatable bonds is 2. The van der Waals surface area contributed by atoms with Crippen molar-refractivity contribution in [2.45, 2.75) is 6.92 Å². The van der Waals surface area contributed by atoms with Gasteiger partial charge in [0.25, 0.3) is 0 Å². The predicted octanol–water partition coefficient (Wildman–Crippen LogP) is 1.70. The first kappa shape index (κ1) is 7.94. The summed E-state index contributed by atoms with van der Waals surface area (Å²) in [5, 5.41) is 13.7. The van der Waals surface area contributed by atoms with Crippen LogP contribution in [0.3, 0.4) is 0 Å². The second-order valence-corrected chi connectivity index (χ2v) is 2.47. The number of halogens is 1. The first-order chi connectivity index (χ1) is 5.24. The summed E-state index contributed by atoms with van der Waals surface area (Å²) >= 11 is 5.53. The maximum Gasteiger partial charge on any atom is 0.111 e. The van der Waals surface area contributed by atoms with Crippen molar-refractivity contribution in [3.8, 4) is 0 Å². The number of H-pyrrole nitrogens is 1. The summed E-state index contributed by atoms with van der Waals surface area (Å²) in [5.41, 5.74) is 1.15. The van der Waals surface area contributed by atoms with Crippen molar-refractivity contribution >= 4 is 28.7 Å². The normalized spacial score (nSPS) is 11.6. The summed E-state index contributed by atoms with van der Waals surface area (Å²) in [5.74, 6) is 0. The molecule has 1 aromatic rings. The molecule has 1 rings (SSSR count). The van der Waals surface area contributed by atoms with E-state index in [1.54, 1.807) is 6.92 Å². The number of hydrogen-bond acceptors (Lipinski definition) is 3. The van der Waals surface area contributed by atoms with Gasteiger partial charge in [-0.1, -0.05) is 11.6 Å². The molecule has 2 N–H and O–H groups in total. The Bertz CT molecular complexity index is 285. The summed E-state index contributed by atoms with van der Waals surface area (Å²) in [6.45, 7) is 1.67. The molecule has 0 spiro atoms. The van der Waals surface area contributed by atoms with E-state index < -0.39 is 0 Å². The fourth-order valence-corrected chi connectivity index (χ4v) is 0.742. The summed E-state index contributed by atoms with van der Waals surface area (Å²) in [6, 6.07) is 0. The van der Waals surface area contributed by atoms with Crippen LogP contribution >= 0.6 is 11.6 Å². The number of hydrogen-bond donors (Lipinski definition) is 2. The SMILES string of the molecule is C/C(Cl)=N\c1cn[nH]c1C=N. The lowest BCUT2D eigenvalue weighted by Crippen LogP contribution is -1.80. The van der Waals surface area contributed by atoms with Gasteiger partial charge in [-0.3, -0.25) is 5.10 Å². The van der Waals surface area contributed by atoms with Crippen LogP contribution in [0.2, 0.25) is 0 Å². The Morgan fingerprint density at radius 3 is 3.18 bits per heavy atom. The van der Waals surface area contributed by atoms with Crippen LogP contribution in [0.1, 0.15) is 12.6 Å². The van der Waals surface area contributed by atoms with Crippen molar-refractivity contribution < 1.29 is 0 Å². The van der Waals surface area contributed by atoms with Gasteiger partial charge in [-0.05, 0) is 6.92 Å². The van der Waals surface area contributed by atoms with Gasteiger partial charge in [-0.25, -0.2) is 4.99 Å². The Morgan fingerprint density at radius 1 is 1.91 bits per heavy atom. The van der Waals surface area contributed by atoms with E-state index in [0.717, 1.165) is 6.21 Å². The summed E-state index contributed by atoms with van der Waals surface area (Å²) in [7, 11) is 0. The lowest BCUT2D eigenvalue weighted by molar-refractivity contribution is 1.08. The van der Waals surface area contributed by atoms with E-state index in [0.29, 0.717) is 16.6 Å². The molecule has 1 aromatic heterocycles. The summed E-state index contributed by atoms with van der Waals surface area (Å²) < 4.78 is 0. The molecule has 4 nitrogen and oxygen atoms in total. The van der Waals surface area contributed by atoms with Crippen LogP contribution < -0.4 is 0 Å². The third-order valence-corrected chi connectivity index (χ3v) is 1.15. The van der Waals surface area contributed by atoms with Crippen LogP contribution in [0.4, 0.5) is 5.69 Å². The maximum atomic E-state index is 6.94. The molecule has 0 unspecified atom stereocenters. The molecule has 58 valence electrons. The Balaban J connectivity index is 3.03. The molecule has 0 bridgehead atoms. The molecular weight excluding hydrogens is 164 g/mol. The second-order valence-electron chi connectivity index (χ2n) is 1.92. The van der Waals surface area contributed by atoms with Crippen molar-refractivity contribution in [3.05, 3.63) is 11.9 Å². The molecule has 0 saturated carbocycles. The van der Waals surface area contributed by atoms with Gasteiger partial charge in [-0.15, -0.1) is 0 Å². The van der Waals surface area contributed by atoms with Crippen molar-refractivity contribution in [1.82, 2.24) is 10.2 Å². The van der Waals surface area contributed by atoms with Gasteiger partial charge in [0.15, 0.2) is 0 Å². The third-order valence-electron chi connectivity index (χ3n) is 1.07. The lowest BCUT2D eigenvalue weighted by atomic mass is 10.4. The molecule has 0 aliphatic heterocycles. The number of aliphatic imine (C=N–C) groups is 1. The smallest absolute Gasteiger partial charge is 0.111 e. The largest absolute Gasteiger partial charge is 0.306 e. The summed E-state index contributed by atoms with van der Waals surface area (Å²) in [6.07, 6.45) is 2.66. The molecule has 11 heavy (non-hydrogen) atoms. The van der Waals surface area contributed by atoms with Crippen LogP contribution in [0.5, 0.6) is 0 Å². The van der Waals surface area contributed by atoms with E-state index in [1.165, 1.54) is 6.20 Å². The number of aromatic amines is 1. The highest BCUT2D eigenvalue weighted by Gasteiger charge is 1.98. The molecule has 0 radical (unpaired) electrons. The minimum Gasteiger partial charge on any atom is -0.306 e. The van der Waals surface area contributed by atoms with Crippen molar-refractivity contribution in [1.29, 1.82) is 5.41 Å². The Morgan fingerprint density at radius 2 is 2.64 bits per heavy atom. The second kappa shape index (κ2) is 3.30. The van der Waals surface area contributed by atoms with Gasteiger partial charge >= 0.3 is 0 Å². The Labute approximate surface area is 68.8 Å². The molecule has 0 amide bonds. The summed E-state index contributed by atoms with van der Waals surface area (Å²) in [4.78, 5) is 3.93. The standard InChI is InChI=1S/C6H7ClN4/c1-4(7)10-6-3-9-11-5(6)2-8/h2-3,8H,1H3,(H,9,11)/b8-2?,10-4+. The highest BCUT2D eigenvalue weighted by Crippen LogP contribution is 2.13. The van der Waals surface area contributed by atoms with E-state index >= 15 is 0 Å². The predicted molar refractivity (Wildman–Crippen MR) is 45.1 cm³/mol. The van der Waals surface area contributed by atoms with Crippen molar-refractivity contribution in [2.24, 2.45) is 4.99 Å². The molecule has 1 heterocycles. The average Bonchev–Trinajstić information content (AvgIpc) is 2.34. The number of nitrogens with one attached hydrogen (secondary N) is 2. The molecule has 0 aromatic carbocycles. The highest BCUT2D eigenvalue weighted by molar-refractivity contribution is 6.65. The van der Waals surface area contributed by atoms with Crippen LogP contribution in [0, 0.1) is 5.41 Å². The minimum atomic E-state index is 0.425. The Kier molecular flexibility index (Phi) is 2.38. The minimum absolute atomic E-state index is 0.425. The molecule has 0 atom stereocenters. The van der Waals surface area contributed by atoms with E-state index in [9.17, 15) is 0 Å². The molecule has 0 saturated heterocycles. The maximum absolute atomic E-state index is 6.94. The quantitative estimate of drug-likeness (QED) is 0.652. The first-order valence-electron chi connectivity index (χ1n) is 2.98. The number of nitrogens with zero attached hydrogens (tertiary/aromatic N) is 2. The highest BCUT2D eigenvalue weighted by atomic mass is 35.5. The average molecular weight is 171 g/mol. The van der Waals surface area contributed by atoms with Crippen LogP contribution in [0.15, 0.2) is 11.2 Å². The van der Waals surface area contributed by atoms with Gasteiger partial charge in [-0.2, -0.15) is 5.10 Å². The molecule has 0 aliphatic carbocycles. The van der Waals surface area contributed by atoms with E-state index in [2.05, 4.69) is 15.2 Å². The lowest BCUT2D eigenvalue weighted by Gasteiger charge is -1.87. The Hall–Kier alpha value is -1.16. The van der Waals surface area contributed by atoms with E-state index in [4.69, 9.17) is 17.0 Å². The van der Waals surface area contributed by atoms with Gasteiger partial charge in [0, 0.05) is 6.21 Å². The topological polar surface area (TPSA) is 64.9 Å². The van der Waals surface area contributed by atoms with Gasteiger partial charge in [0.05, 0.1) is 6.20 Å². The molecule has 0 fully saturated rings. The fraction of sp³-hybridized carbons (Fsp3) is 0.167. The van der Waals surface area contributed by atoms with E-state index in [-0.39, 0.29) is 0 Å². The fourth-order valence-electron chi connectivity index (χ4n) is 0.651. The van der Waals surface area contributed by atoms with Crippen molar-refractivity contribution in [3.63, 3.8) is 0 Å². The van der Waals surface area contributed by atoms with Crippen LogP contribution in [-0.4, -0.2) is 21.6 Å². The monoisotopic (exact) mass is 170 g/mol. The van der Waals surface area contributed by atoms with Crippen molar-refractivity contribution in [2.75, 3.05) is 0 Å². The third kappa shape index (κ3) is 1.88.